The van der Waals surface area contributed by atoms with Gasteiger partial charge in [-0.1, -0.05) is 0 Å². The molecule has 3 saturated heterocycles. The first kappa shape index (κ1) is 12.9. The van der Waals surface area contributed by atoms with Gasteiger partial charge in [0.1, 0.15) is 0 Å². The van der Waals surface area contributed by atoms with Crippen LogP contribution in [0.1, 0.15) is 51.4 Å². The van der Waals surface area contributed by atoms with Gasteiger partial charge in [-0.3, -0.25) is 4.90 Å². The molecule has 0 spiro atoms. The molecule has 0 radical (unpaired) electrons. The lowest BCUT2D eigenvalue weighted by molar-refractivity contribution is 0.0971. The van der Waals surface area contributed by atoms with E-state index >= 15 is 0 Å². The maximum absolute atomic E-state index is 5.71. The predicted octanol–water partition coefficient (Wildman–Crippen LogP) is 2.16. The highest BCUT2D eigenvalue weighted by Gasteiger charge is 2.32. The first-order chi connectivity index (χ1) is 8.93. The second-order valence-corrected chi connectivity index (χ2v) is 6.23. The third kappa shape index (κ3) is 3.06. The molecule has 3 fully saturated rings. The van der Waals surface area contributed by atoms with E-state index in [-0.39, 0.29) is 0 Å². The first-order valence-electron chi connectivity index (χ1n) is 8.02. The monoisotopic (exact) mass is 252 g/mol. The predicted molar refractivity (Wildman–Crippen MR) is 73.8 cm³/mol. The van der Waals surface area contributed by atoms with Crippen molar-refractivity contribution in [3.63, 3.8) is 0 Å². The van der Waals surface area contributed by atoms with E-state index in [0.29, 0.717) is 6.10 Å². The van der Waals surface area contributed by atoms with Gasteiger partial charge in [0.25, 0.3) is 0 Å². The number of hydrogen-bond donors (Lipinski definition) is 1. The number of nitrogens with zero attached hydrogens (tertiary/aromatic N) is 1. The van der Waals surface area contributed by atoms with E-state index < -0.39 is 0 Å². The Bertz CT molecular complexity index is 247. The third-order valence-electron chi connectivity index (χ3n) is 4.97. The van der Waals surface area contributed by atoms with Crippen LogP contribution >= 0.6 is 0 Å². The Labute approximate surface area is 111 Å². The number of nitrogens with one attached hydrogen (secondary N) is 1. The van der Waals surface area contributed by atoms with E-state index in [1.54, 1.807) is 0 Å². The molecule has 0 aliphatic carbocycles. The molecule has 18 heavy (non-hydrogen) atoms. The molecular weight excluding hydrogens is 224 g/mol. The molecule has 1 N–H and O–H groups in total. The minimum Gasteiger partial charge on any atom is -0.378 e. The van der Waals surface area contributed by atoms with Crippen molar-refractivity contribution in [2.24, 2.45) is 0 Å². The molecule has 0 saturated carbocycles. The van der Waals surface area contributed by atoms with Crippen LogP contribution in [0, 0.1) is 0 Å². The Morgan fingerprint density at radius 2 is 2.11 bits per heavy atom. The van der Waals surface area contributed by atoms with E-state index in [4.69, 9.17) is 4.74 Å². The summed E-state index contributed by atoms with van der Waals surface area (Å²) in [5, 5.41) is 3.69. The fraction of sp³-hybridized carbons (Fsp3) is 1.00. The van der Waals surface area contributed by atoms with E-state index in [2.05, 4.69) is 10.2 Å². The zero-order chi connectivity index (χ0) is 12.2. The van der Waals surface area contributed by atoms with Crippen LogP contribution in [0.2, 0.25) is 0 Å². The van der Waals surface area contributed by atoms with Crippen molar-refractivity contribution in [2.75, 3.05) is 26.2 Å². The molecule has 0 amide bonds. The highest BCUT2D eigenvalue weighted by molar-refractivity contribution is 4.92. The van der Waals surface area contributed by atoms with Crippen molar-refractivity contribution in [1.29, 1.82) is 0 Å². The molecule has 3 aliphatic rings. The van der Waals surface area contributed by atoms with Gasteiger partial charge in [-0.15, -0.1) is 0 Å². The van der Waals surface area contributed by atoms with E-state index in [9.17, 15) is 0 Å². The number of hydrogen-bond acceptors (Lipinski definition) is 3. The molecule has 3 aliphatic heterocycles. The lowest BCUT2D eigenvalue weighted by Gasteiger charge is -2.29. The second-order valence-electron chi connectivity index (χ2n) is 6.23. The van der Waals surface area contributed by atoms with Crippen LogP contribution < -0.4 is 5.32 Å². The van der Waals surface area contributed by atoms with Gasteiger partial charge < -0.3 is 10.1 Å². The van der Waals surface area contributed by atoms with Gasteiger partial charge in [-0.25, -0.2) is 0 Å². The zero-order valence-corrected chi connectivity index (χ0v) is 11.6. The summed E-state index contributed by atoms with van der Waals surface area (Å²) in [6.07, 6.45) is 11.4. The van der Waals surface area contributed by atoms with Crippen molar-refractivity contribution in [3.8, 4) is 0 Å². The molecule has 3 rings (SSSR count). The van der Waals surface area contributed by atoms with Gasteiger partial charge in [0, 0.05) is 18.7 Å². The van der Waals surface area contributed by atoms with Gasteiger partial charge in [-0.05, 0) is 71.0 Å². The minimum absolute atomic E-state index is 0.579. The molecule has 0 bridgehead atoms. The summed E-state index contributed by atoms with van der Waals surface area (Å²) in [5.41, 5.74) is 0. The van der Waals surface area contributed by atoms with Crippen LogP contribution in [-0.4, -0.2) is 49.3 Å². The topological polar surface area (TPSA) is 24.5 Å². The highest BCUT2D eigenvalue weighted by Crippen LogP contribution is 2.25. The fourth-order valence-corrected chi connectivity index (χ4v) is 4.02. The summed E-state index contributed by atoms with van der Waals surface area (Å²) >= 11 is 0. The van der Waals surface area contributed by atoms with Gasteiger partial charge in [0.05, 0.1) is 6.10 Å². The first-order valence-corrected chi connectivity index (χ1v) is 8.02. The van der Waals surface area contributed by atoms with E-state index in [1.807, 2.05) is 0 Å². The molecule has 3 heterocycles. The van der Waals surface area contributed by atoms with Crippen molar-refractivity contribution >= 4 is 0 Å². The maximum atomic E-state index is 5.71. The van der Waals surface area contributed by atoms with Crippen molar-refractivity contribution < 1.29 is 4.74 Å². The molecule has 3 heteroatoms. The highest BCUT2D eigenvalue weighted by atomic mass is 16.5. The van der Waals surface area contributed by atoms with Gasteiger partial charge >= 0.3 is 0 Å². The van der Waals surface area contributed by atoms with Gasteiger partial charge in [-0.2, -0.15) is 0 Å². The molecule has 3 atom stereocenters. The summed E-state index contributed by atoms with van der Waals surface area (Å²) < 4.78 is 5.71. The fourth-order valence-electron chi connectivity index (χ4n) is 4.02. The van der Waals surface area contributed by atoms with Crippen molar-refractivity contribution in [3.05, 3.63) is 0 Å². The van der Waals surface area contributed by atoms with Crippen LogP contribution in [0.3, 0.4) is 0 Å². The normalized spacial score (nSPS) is 37.7. The van der Waals surface area contributed by atoms with Gasteiger partial charge in [0.15, 0.2) is 0 Å². The van der Waals surface area contributed by atoms with Gasteiger partial charge in [0.2, 0.25) is 0 Å². The molecular formula is C15H28N2O. The van der Waals surface area contributed by atoms with Crippen molar-refractivity contribution in [2.45, 2.75) is 69.6 Å². The summed E-state index contributed by atoms with van der Waals surface area (Å²) in [6.45, 7) is 4.87. The lowest BCUT2D eigenvalue weighted by Crippen LogP contribution is -2.44. The number of rotatable bonds is 5. The summed E-state index contributed by atoms with van der Waals surface area (Å²) in [6, 6.07) is 1.62. The molecule has 0 aromatic carbocycles. The average molecular weight is 252 g/mol. The lowest BCUT2D eigenvalue weighted by atomic mass is 10.0. The molecule has 0 aromatic rings. The largest absolute Gasteiger partial charge is 0.378 e. The van der Waals surface area contributed by atoms with E-state index in [0.717, 1.165) is 18.7 Å². The average Bonchev–Trinajstić information content (AvgIpc) is 3.12. The Kier molecular flexibility index (Phi) is 4.55. The quantitative estimate of drug-likeness (QED) is 0.811. The van der Waals surface area contributed by atoms with Crippen LogP contribution in [0.4, 0.5) is 0 Å². The standard InChI is InChI=1S/C15H28N2O/c1-7-14(16-9-1)15-8-3-11-17(15)10-2-5-13-6-4-12-18-13/h13-16H,1-12H2. The molecule has 104 valence electrons. The Hall–Kier alpha value is -0.120. The Balaban J connectivity index is 1.40. The smallest absolute Gasteiger partial charge is 0.0576 e. The summed E-state index contributed by atoms with van der Waals surface area (Å²) in [4.78, 5) is 2.75. The third-order valence-corrected chi connectivity index (χ3v) is 4.97. The number of ether oxygens (including phenoxy) is 1. The Morgan fingerprint density at radius 3 is 2.89 bits per heavy atom. The van der Waals surface area contributed by atoms with Crippen LogP contribution in [0.15, 0.2) is 0 Å². The Morgan fingerprint density at radius 1 is 1.11 bits per heavy atom. The maximum Gasteiger partial charge on any atom is 0.0576 e. The number of likely N-dealkylation sites (tertiary alicyclic amines) is 1. The molecule has 3 nitrogen and oxygen atoms in total. The van der Waals surface area contributed by atoms with Crippen LogP contribution in [0.5, 0.6) is 0 Å². The second kappa shape index (κ2) is 6.36. The van der Waals surface area contributed by atoms with Crippen LogP contribution in [0.25, 0.3) is 0 Å². The van der Waals surface area contributed by atoms with E-state index in [1.165, 1.54) is 71.0 Å². The molecule has 0 aromatic heterocycles. The minimum atomic E-state index is 0.579. The summed E-state index contributed by atoms with van der Waals surface area (Å²) in [7, 11) is 0. The SMILES string of the molecule is C1COC(CCCN2CCCC2C2CCCN2)C1. The zero-order valence-electron chi connectivity index (χ0n) is 11.6. The van der Waals surface area contributed by atoms with Crippen LogP contribution in [-0.2, 0) is 4.74 Å². The molecule has 3 unspecified atom stereocenters. The summed E-state index contributed by atoms with van der Waals surface area (Å²) in [5.74, 6) is 0. The van der Waals surface area contributed by atoms with Crippen molar-refractivity contribution in [1.82, 2.24) is 10.2 Å².